The Morgan fingerprint density at radius 2 is 2.04 bits per heavy atom. The van der Waals surface area contributed by atoms with Crippen molar-refractivity contribution in [1.82, 2.24) is 9.97 Å². The van der Waals surface area contributed by atoms with Crippen LogP contribution < -0.4 is 4.90 Å². The molecule has 1 fully saturated rings. The summed E-state index contributed by atoms with van der Waals surface area (Å²) in [5.74, 6) is -1.77. The van der Waals surface area contributed by atoms with Gasteiger partial charge in [-0.3, -0.25) is 0 Å². The largest absolute Gasteiger partial charge is 0.391 e. The van der Waals surface area contributed by atoms with Crippen molar-refractivity contribution in [3.63, 3.8) is 0 Å². The van der Waals surface area contributed by atoms with Gasteiger partial charge in [0.25, 0.3) is 0 Å². The van der Waals surface area contributed by atoms with Gasteiger partial charge in [-0.05, 0) is 31.0 Å². The van der Waals surface area contributed by atoms with Crippen LogP contribution in [0.4, 0.5) is 19.0 Å². The summed E-state index contributed by atoms with van der Waals surface area (Å²) in [6.07, 6.45) is 1.02. The first-order chi connectivity index (χ1) is 11.0. The van der Waals surface area contributed by atoms with Crippen molar-refractivity contribution in [3.05, 3.63) is 53.2 Å². The zero-order valence-electron chi connectivity index (χ0n) is 12.5. The van der Waals surface area contributed by atoms with E-state index in [1.807, 2.05) is 0 Å². The Morgan fingerprint density at radius 3 is 2.78 bits per heavy atom. The van der Waals surface area contributed by atoms with Crippen LogP contribution in [0.5, 0.6) is 0 Å². The van der Waals surface area contributed by atoms with Crippen LogP contribution in [0, 0.1) is 17.5 Å². The second-order valence-corrected chi connectivity index (χ2v) is 5.54. The van der Waals surface area contributed by atoms with Crippen molar-refractivity contribution in [2.24, 2.45) is 0 Å². The van der Waals surface area contributed by atoms with Crippen molar-refractivity contribution in [3.8, 4) is 0 Å². The van der Waals surface area contributed by atoms with Crippen molar-refractivity contribution >= 4 is 5.82 Å². The third-order valence-electron chi connectivity index (χ3n) is 4.05. The Labute approximate surface area is 131 Å². The van der Waals surface area contributed by atoms with Gasteiger partial charge in [-0.2, -0.15) is 0 Å². The molecule has 0 spiro atoms. The van der Waals surface area contributed by atoms with Crippen LogP contribution in [0.3, 0.4) is 0 Å². The van der Waals surface area contributed by atoms with E-state index in [9.17, 15) is 18.3 Å². The third-order valence-corrected chi connectivity index (χ3v) is 4.05. The molecule has 3 rings (SSSR count). The standard InChI is InChI=1S/C16H16F3N3O/c1-2-13-15(19)16(21-8-20-13)22-7-10(23)6-14(22)11-5-9(17)3-4-12(11)18/h3-5,8,10,14,23H,2,6-7H2,1H3/t10-,14+/m1/s1. The second kappa shape index (κ2) is 6.16. The molecule has 2 heterocycles. The molecule has 0 saturated carbocycles. The number of nitrogens with zero attached hydrogens (tertiary/aromatic N) is 3. The van der Waals surface area contributed by atoms with Crippen molar-refractivity contribution in [2.45, 2.75) is 31.9 Å². The van der Waals surface area contributed by atoms with E-state index >= 15 is 0 Å². The summed E-state index contributed by atoms with van der Waals surface area (Å²) in [7, 11) is 0. The lowest BCUT2D eigenvalue weighted by Gasteiger charge is -2.26. The molecule has 1 N–H and O–H groups in total. The van der Waals surface area contributed by atoms with Gasteiger partial charge in [-0.15, -0.1) is 0 Å². The highest BCUT2D eigenvalue weighted by Crippen LogP contribution is 2.38. The number of aromatic nitrogens is 2. The van der Waals surface area contributed by atoms with E-state index in [2.05, 4.69) is 9.97 Å². The van der Waals surface area contributed by atoms with E-state index in [1.54, 1.807) is 6.92 Å². The molecule has 0 aliphatic carbocycles. The minimum atomic E-state index is -0.776. The van der Waals surface area contributed by atoms with Crippen LogP contribution in [0.15, 0.2) is 24.5 Å². The van der Waals surface area contributed by atoms with Gasteiger partial charge in [0.05, 0.1) is 17.8 Å². The van der Waals surface area contributed by atoms with Gasteiger partial charge < -0.3 is 10.0 Å². The Kier molecular flexibility index (Phi) is 4.21. The summed E-state index contributed by atoms with van der Waals surface area (Å²) in [5.41, 5.74) is 0.326. The van der Waals surface area contributed by atoms with E-state index in [-0.39, 0.29) is 30.0 Å². The lowest BCUT2D eigenvalue weighted by molar-refractivity contribution is 0.194. The molecule has 0 amide bonds. The molecule has 0 unspecified atom stereocenters. The summed E-state index contributed by atoms with van der Waals surface area (Å²) in [4.78, 5) is 9.28. The lowest BCUT2D eigenvalue weighted by Crippen LogP contribution is -2.27. The minimum absolute atomic E-state index is 0.00191. The normalized spacial score (nSPS) is 21.0. The molecule has 1 aliphatic heterocycles. The fourth-order valence-electron chi connectivity index (χ4n) is 2.96. The predicted octanol–water partition coefficient (Wildman–Crippen LogP) is 2.77. The molecule has 23 heavy (non-hydrogen) atoms. The van der Waals surface area contributed by atoms with Crippen LogP contribution in [-0.2, 0) is 6.42 Å². The number of aliphatic hydroxyl groups excluding tert-OH is 1. The lowest BCUT2D eigenvalue weighted by atomic mass is 10.0. The highest BCUT2D eigenvalue weighted by Gasteiger charge is 2.36. The fraction of sp³-hybridized carbons (Fsp3) is 0.375. The summed E-state index contributed by atoms with van der Waals surface area (Å²) in [5, 5.41) is 9.95. The Hall–Kier alpha value is -2.15. The third kappa shape index (κ3) is 2.88. The maximum absolute atomic E-state index is 14.5. The molecule has 1 aromatic carbocycles. The number of hydrogen-bond acceptors (Lipinski definition) is 4. The van der Waals surface area contributed by atoms with E-state index in [1.165, 1.54) is 11.2 Å². The maximum atomic E-state index is 14.5. The van der Waals surface area contributed by atoms with Crippen molar-refractivity contribution in [2.75, 3.05) is 11.4 Å². The van der Waals surface area contributed by atoms with Gasteiger partial charge in [0, 0.05) is 12.1 Å². The monoisotopic (exact) mass is 323 g/mol. The number of β-amino-alcohol motifs (C(OH)–C–C–N with tert-alkyl or cyclic N) is 1. The number of rotatable bonds is 3. The van der Waals surface area contributed by atoms with Crippen molar-refractivity contribution < 1.29 is 18.3 Å². The molecule has 2 aromatic rings. The predicted molar refractivity (Wildman–Crippen MR) is 78.4 cm³/mol. The van der Waals surface area contributed by atoms with Gasteiger partial charge >= 0.3 is 0 Å². The molecule has 0 bridgehead atoms. The number of anilines is 1. The van der Waals surface area contributed by atoms with E-state index in [4.69, 9.17) is 0 Å². The van der Waals surface area contributed by atoms with Gasteiger partial charge in [0.2, 0.25) is 0 Å². The number of aliphatic hydroxyl groups is 1. The molecule has 7 heteroatoms. The summed E-state index contributed by atoms with van der Waals surface area (Å²) in [6, 6.07) is 2.44. The zero-order chi connectivity index (χ0) is 16.6. The zero-order valence-corrected chi connectivity index (χ0v) is 12.5. The van der Waals surface area contributed by atoms with Crippen LogP contribution in [0.1, 0.15) is 30.6 Å². The molecule has 4 nitrogen and oxygen atoms in total. The SMILES string of the molecule is CCc1ncnc(N2C[C@H](O)C[C@H]2c2cc(F)ccc2F)c1F. The van der Waals surface area contributed by atoms with Gasteiger partial charge in [0.15, 0.2) is 11.6 Å². The van der Waals surface area contributed by atoms with Crippen LogP contribution >= 0.6 is 0 Å². The molecule has 2 atom stereocenters. The van der Waals surface area contributed by atoms with Crippen LogP contribution in [0.25, 0.3) is 0 Å². The number of aryl methyl sites for hydroxylation is 1. The highest BCUT2D eigenvalue weighted by molar-refractivity contribution is 5.47. The number of hydrogen-bond donors (Lipinski definition) is 1. The first kappa shape index (κ1) is 15.7. The first-order valence-electron chi connectivity index (χ1n) is 7.40. The quantitative estimate of drug-likeness (QED) is 0.944. The highest BCUT2D eigenvalue weighted by atomic mass is 19.1. The number of benzene rings is 1. The van der Waals surface area contributed by atoms with E-state index in [0.717, 1.165) is 18.2 Å². The Balaban J connectivity index is 2.05. The smallest absolute Gasteiger partial charge is 0.187 e. The number of halogens is 3. The van der Waals surface area contributed by atoms with E-state index < -0.39 is 29.6 Å². The van der Waals surface area contributed by atoms with Gasteiger partial charge in [-0.1, -0.05) is 6.92 Å². The summed E-state index contributed by atoms with van der Waals surface area (Å²) >= 11 is 0. The fourth-order valence-corrected chi connectivity index (χ4v) is 2.96. The minimum Gasteiger partial charge on any atom is -0.391 e. The molecule has 0 radical (unpaired) electrons. The average molecular weight is 323 g/mol. The van der Waals surface area contributed by atoms with E-state index in [0.29, 0.717) is 6.42 Å². The van der Waals surface area contributed by atoms with Crippen LogP contribution in [0.2, 0.25) is 0 Å². The summed E-state index contributed by atoms with van der Waals surface area (Å²) in [6.45, 7) is 1.86. The van der Waals surface area contributed by atoms with Gasteiger partial charge in [-0.25, -0.2) is 23.1 Å². The molecule has 1 saturated heterocycles. The molecule has 1 aliphatic rings. The molecular formula is C16H16F3N3O. The summed E-state index contributed by atoms with van der Waals surface area (Å²) < 4.78 is 42.1. The molecule has 1 aromatic heterocycles. The van der Waals surface area contributed by atoms with Crippen molar-refractivity contribution in [1.29, 1.82) is 0 Å². The van der Waals surface area contributed by atoms with Gasteiger partial charge in [0.1, 0.15) is 18.0 Å². The van der Waals surface area contributed by atoms with Crippen LogP contribution in [-0.4, -0.2) is 27.7 Å². The maximum Gasteiger partial charge on any atom is 0.187 e. The second-order valence-electron chi connectivity index (χ2n) is 5.54. The first-order valence-corrected chi connectivity index (χ1v) is 7.40. The average Bonchev–Trinajstić information content (AvgIpc) is 2.91. The Bertz CT molecular complexity index is 726. The Morgan fingerprint density at radius 1 is 1.26 bits per heavy atom. The molecular weight excluding hydrogens is 307 g/mol. The topological polar surface area (TPSA) is 49.2 Å². The molecule has 122 valence electrons.